The number of nitrogens with one attached hydrogen (secondary N) is 1. The lowest BCUT2D eigenvalue weighted by Crippen LogP contribution is -2.38. The average Bonchev–Trinajstić information content (AvgIpc) is 2.75. The summed E-state index contributed by atoms with van der Waals surface area (Å²) in [5.41, 5.74) is 0.817. The van der Waals surface area contributed by atoms with Crippen LogP contribution in [-0.2, 0) is 10.0 Å². The normalized spacial score (nSPS) is 15.0. The molecule has 3 rings (SSSR count). The van der Waals surface area contributed by atoms with E-state index >= 15 is 0 Å². The van der Waals surface area contributed by atoms with Crippen molar-refractivity contribution in [2.75, 3.05) is 18.4 Å². The Hall–Kier alpha value is -2.54. The number of carbonyl (C=O) groups excluding carboxylic acids is 1. The summed E-state index contributed by atoms with van der Waals surface area (Å²) in [7, 11) is -2.00. The van der Waals surface area contributed by atoms with Crippen LogP contribution < -0.4 is 9.46 Å². The Morgan fingerprint density at radius 1 is 1.10 bits per heavy atom. The lowest BCUT2D eigenvalue weighted by Gasteiger charge is -2.31. The van der Waals surface area contributed by atoms with Crippen molar-refractivity contribution in [2.24, 2.45) is 0 Å². The van der Waals surface area contributed by atoms with Crippen molar-refractivity contribution >= 4 is 21.6 Å². The van der Waals surface area contributed by atoms with Crippen LogP contribution in [0.4, 0.5) is 5.69 Å². The van der Waals surface area contributed by atoms with Gasteiger partial charge in [0.25, 0.3) is 15.9 Å². The minimum Gasteiger partial charge on any atom is -0.494 e. The van der Waals surface area contributed by atoms with Crippen molar-refractivity contribution in [3.63, 3.8) is 0 Å². The molecule has 156 valence electrons. The highest BCUT2D eigenvalue weighted by atomic mass is 32.2. The highest BCUT2D eigenvalue weighted by molar-refractivity contribution is 7.92. The van der Waals surface area contributed by atoms with Crippen molar-refractivity contribution in [3.8, 4) is 5.75 Å². The Labute approximate surface area is 172 Å². The fraction of sp³-hybridized carbons (Fsp3) is 0.409. The predicted octanol–water partition coefficient (Wildman–Crippen LogP) is 4.29. The number of hydrogen-bond donors (Lipinski definition) is 1. The maximum Gasteiger partial charge on any atom is 0.261 e. The van der Waals surface area contributed by atoms with Crippen LogP contribution in [0, 0.1) is 0 Å². The highest BCUT2D eigenvalue weighted by Crippen LogP contribution is 2.24. The summed E-state index contributed by atoms with van der Waals surface area (Å²) >= 11 is 0. The number of rotatable bonds is 7. The van der Waals surface area contributed by atoms with Crippen molar-refractivity contribution in [1.82, 2.24) is 4.90 Å². The number of benzene rings is 2. The number of hydrogen-bond acceptors (Lipinski definition) is 4. The summed E-state index contributed by atoms with van der Waals surface area (Å²) in [6, 6.07) is 13.1. The van der Waals surface area contributed by atoms with Gasteiger partial charge in [-0.3, -0.25) is 9.52 Å². The highest BCUT2D eigenvalue weighted by Gasteiger charge is 2.24. The minimum absolute atomic E-state index is 0.0641. The van der Waals surface area contributed by atoms with Gasteiger partial charge in [0, 0.05) is 24.3 Å². The molecule has 0 aromatic heterocycles. The molecule has 1 fully saturated rings. The number of amides is 1. The molecule has 0 radical (unpaired) electrons. The molecule has 0 aliphatic heterocycles. The third-order valence-corrected chi connectivity index (χ3v) is 6.63. The second-order valence-corrected chi connectivity index (χ2v) is 8.98. The van der Waals surface area contributed by atoms with Crippen LogP contribution >= 0.6 is 0 Å². The van der Waals surface area contributed by atoms with Crippen molar-refractivity contribution < 1.29 is 17.9 Å². The first kappa shape index (κ1) is 21.2. The first-order chi connectivity index (χ1) is 13.9. The minimum atomic E-state index is -3.81. The number of ether oxygens (including phenoxy) is 1. The molecule has 0 saturated heterocycles. The molecule has 1 N–H and O–H groups in total. The zero-order chi connectivity index (χ0) is 20.9. The van der Waals surface area contributed by atoms with Gasteiger partial charge in [0.2, 0.25) is 0 Å². The number of anilines is 1. The van der Waals surface area contributed by atoms with Gasteiger partial charge in [-0.1, -0.05) is 25.3 Å². The van der Waals surface area contributed by atoms with E-state index in [0.717, 1.165) is 25.7 Å². The lowest BCUT2D eigenvalue weighted by molar-refractivity contribution is 0.0696. The molecule has 2 aromatic rings. The van der Waals surface area contributed by atoms with Crippen molar-refractivity contribution in [3.05, 3.63) is 54.1 Å². The Morgan fingerprint density at radius 2 is 1.79 bits per heavy atom. The second-order valence-electron chi connectivity index (χ2n) is 7.30. The van der Waals surface area contributed by atoms with E-state index in [9.17, 15) is 13.2 Å². The summed E-state index contributed by atoms with van der Waals surface area (Å²) in [4.78, 5) is 14.7. The molecule has 0 unspecified atom stereocenters. The molecule has 0 bridgehead atoms. The molecular weight excluding hydrogens is 388 g/mol. The predicted molar refractivity (Wildman–Crippen MR) is 114 cm³/mol. The third kappa shape index (κ3) is 5.29. The van der Waals surface area contributed by atoms with Crippen LogP contribution in [-0.4, -0.2) is 38.9 Å². The summed E-state index contributed by atoms with van der Waals surface area (Å²) < 4.78 is 33.5. The van der Waals surface area contributed by atoms with Gasteiger partial charge in [-0.2, -0.15) is 0 Å². The van der Waals surface area contributed by atoms with E-state index in [-0.39, 0.29) is 16.8 Å². The fourth-order valence-electron chi connectivity index (χ4n) is 3.63. The molecular formula is C22H28N2O4S. The van der Waals surface area contributed by atoms with Crippen LogP contribution in [0.15, 0.2) is 53.4 Å². The van der Waals surface area contributed by atoms with Crippen molar-refractivity contribution in [1.29, 1.82) is 0 Å². The molecule has 1 saturated carbocycles. The first-order valence-electron chi connectivity index (χ1n) is 10.0. The van der Waals surface area contributed by atoms with Gasteiger partial charge in [-0.25, -0.2) is 8.42 Å². The molecule has 1 aliphatic carbocycles. The van der Waals surface area contributed by atoms with Crippen LogP contribution in [0.2, 0.25) is 0 Å². The van der Waals surface area contributed by atoms with Crippen molar-refractivity contribution in [2.45, 2.75) is 50.0 Å². The first-order valence-corrected chi connectivity index (χ1v) is 11.5. The van der Waals surface area contributed by atoms with E-state index in [4.69, 9.17) is 4.74 Å². The zero-order valence-corrected chi connectivity index (χ0v) is 17.7. The standard InChI is InChI=1S/C22H28N2O4S/c1-3-28-20-14-12-18(13-15-20)23-29(26,27)21-11-7-8-17(16-21)22(25)24(2)19-9-5-4-6-10-19/h7-8,11-16,19,23H,3-6,9-10H2,1-2H3. The monoisotopic (exact) mass is 416 g/mol. The van der Waals surface area contributed by atoms with Gasteiger partial charge in [-0.05, 0) is 62.2 Å². The molecule has 0 atom stereocenters. The van der Waals surface area contributed by atoms with Gasteiger partial charge in [0.15, 0.2) is 0 Å². The average molecular weight is 417 g/mol. The topological polar surface area (TPSA) is 75.7 Å². The molecule has 0 heterocycles. The van der Waals surface area contributed by atoms with Gasteiger partial charge in [0.1, 0.15) is 5.75 Å². The van der Waals surface area contributed by atoms with E-state index in [1.807, 2.05) is 6.92 Å². The van der Waals surface area contributed by atoms with Crippen LogP contribution in [0.25, 0.3) is 0 Å². The summed E-state index contributed by atoms with van der Waals surface area (Å²) in [5, 5.41) is 0. The quantitative estimate of drug-likeness (QED) is 0.730. The van der Waals surface area contributed by atoms with Gasteiger partial charge in [0.05, 0.1) is 11.5 Å². The maximum absolute atomic E-state index is 12.9. The summed E-state index contributed by atoms with van der Waals surface area (Å²) in [6.07, 6.45) is 5.47. The maximum atomic E-state index is 12.9. The number of nitrogens with zero attached hydrogens (tertiary/aromatic N) is 1. The van der Waals surface area contributed by atoms with Gasteiger partial charge < -0.3 is 9.64 Å². The molecule has 6 nitrogen and oxygen atoms in total. The Balaban J connectivity index is 1.75. The van der Waals surface area contributed by atoms with E-state index in [1.165, 1.54) is 18.6 Å². The summed E-state index contributed by atoms with van der Waals surface area (Å²) in [6.45, 7) is 2.43. The number of sulfonamides is 1. The molecule has 1 aliphatic rings. The van der Waals surface area contributed by atoms with Gasteiger partial charge in [-0.15, -0.1) is 0 Å². The second kappa shape index (κ2) is 9.31. The molecule has 2 aromatic carbocycles. The van der Waals surface area contributed by atoms with E-state index in [0.29, 0.717) is 23.6 Å². The van der Waals surface area contributed by atoms with E-state index in [2.05, 4.69) is 4.72 Å². The smallest absolute Gasteiger partial charge is 0.261 e. The zero-order valence-electron chi connectivity index (χ0n) is 16.9. The van der Waals surface area contributed by atoms with Crippen LogP contribution in [0.3, 0.4) is 0 Å². The summed E-state index contributed by atoms with van der Waals surface area (Å²) in [5.74, 6) is 0.531. The Bertz CT molecular complexity index is 936. The molecule has 1 amide bonds. The van der Waals surface area contributed by atoms with E-state index < -0.39 is 10.0 Å². The third-order valence-electron chi connectivity index (χ3n) is 5.25. The van der Waals surface area contributed by atoms with E-state index in [1.54, 1.807) is 48.3 Å². The van der Waals surface area contributed by atoms with Crippen LogP contribution in [0.1, 0.15) is 49.4 Å². The molecule has 7 heteroatoms. The largest absolute Gasteiger partial charge is 0.494 e. The Kier molecular flexibility index (Phi) is 6.79. The van der Waals surface area contributed by atoms with Gasteiger partial charge >= 0.3 is 0 Å². The SMILES string of the molecule is CCOc1ccc(NS(=O)(=O)c2cccc(C(=O)N(C)C3CCCCC3)c2)cc1. The molecule has 0 spiro atoms. The fourth-order valence-corrected chi connectivity index (χ4v) is 4.74. The lowest BCUT2D eigenvalue weighted by atomic mass is 9.94. The number of carbonyl (C=O) groups is 1. The molecule has 29 heavy (non-hydrogen) atoms. The Morgan fingerprint density at radius 3 is 2.45 bits per heavy atom. The van der Waals surface area contributed by atoms with Crippen LogP contribution in [0.5, 0.6) is 5.75 Å².